The van der Waals surface area contributed by atoms with Crippen LogP contribution in [0.25, 0.3) is 10.8 Å². The van der Waals surface area contributed by atoms with Crippen molar-refractivity contribution in [1.29, 1.82) is 0 Å². The number of hydrogen-bond acceptors (Lipinski definition) is 5. The fourth-order valence-electron chi connectivity index (χ4n) is 3.71. The fraction of sp³-hybridized carbons (Fsp3) is 0.238. The van der Waals surface area contributed by atoms with Crippen LogP contribution in [0.4, 0.5) is 5.69 Å². The second-order valence-electron chi connectivity index (χ2n) is 7.02. The minimum Gasteiger partial charge on any atom is -0.398 e. The number of carbonyl (C=O) groups excluding carboxylic acids is 2. The van der Waals surface area contributed by atoms with Crippen LogP contribution in [-0.4, -0.2) is 39.8 Å². The molecule has 0 unspecified atom stereocenters. The van der Waals surface area contributed by atoms with E-state index < -0.39 is 5.91 Å². The summed E-state index contributed by atoms with van der Waals surface area (Å²) in [4.78, 5) is 34.3. The predicted octanol–water partition coefficient (Wildman–Crippen LogP) is 2.33. The molecule has 1 aliphatic rings. The molecule has 0 spiro atoms. The van der Waals surface area contributed by atoms with E-state index in [-0.39, 0.29) is 17.6 Å². The monoisotopic (exact) mass is 375 g/mol. The van der Waals surface area contributed by atoms with Crippen LogP contribution in [0, 0.1) is 0 Å². The second-order valence-corrected chi connectivity index (χ2v) is 7.02. The Labute approximate surface area is 162 Å². The third-order valence-corrected chi connectivity index (χ3v) is 5.25. The number of anilines is 1. The van der Waals surface area contributed by atoms with Crippen molar-refractivity contribution in [3.8, 4) is 0 Å². The van der Waals surface area contributed by atoms with E-state index in [1.54, 1.807) is 12.3 Å². The molecule has 2 heterocycles. The molecular formula is C21H21N5O2. The number of primary amides is 1. The van der Waals surface area contributed by atoms with E-state index in [0.29, 0.717) is 24.3 Å². The van der Waals surface area contributed by atoms with Gasteiger partial charge in [0, 0.05) is 36.6 Å². The standard InChI is InChI=1S/C21H21N5O2/c22-17-12-15-4-2-1-3-14(15)11-16(17)21(28)26-9-6-13(7-10-26)18-5-8-24-20(25-18)19(23)27/h1-5,8,11-13H,6-7,9-10,22H2,(H2,23,27). The van der Waals surface area contributed by atoms with E-state index in [0.717, 1.165) is 29.3 Å². The van der Waals surface area contributed by atoms with Gasteiger partial charge in [0.1, 0.15) is 0 Å². The molecule has 0 atom stereocenters. The molecule has 0 bridgehead atoms. The molecule has 0 aliphatic carbocycles. The van der Waals surface area contributed by atoms with E-state index in [4.69, 9.17) is 11.5 Å². The second kappa shape index (κ2) is 7.26. The maximum absolute atomic E-state index is 13.0. The van der Waals surface area contributed by atoms with Crippen LogP contribution in [0.1, 0.15) is 45.4 Å². The number of rotatable bonds is 3. The molecule has 1 aromatic heterocycles. The van der Waals surface area contributed by atoms with E-state index >= 15 is 0 Å². The van der Waals surface area contributed by atoms with E-state index in [2.05, 4.69) is 9.97 Å². The number of benzene rings is 2. The van der Waals surface area contributed by atoms with Crippen molar-refractivity contribution < 1.29 is 9.59 Å². The zero-order chi connectivity index (χ0) is 19.7. The normalized spacial score (nSPS) is 14.9. The van der Waals surface area contributed by atoms with Crippen LogP contribution < -0.4 is 11.5 Å². The van der Waals surface area contributed by atoms with Crippen molar-refractivity contribution in [3.05, 3.63) is 65.7 Å². The zero-order valence-electron chi connectivity index (χ0n) is 15.3. The van der Waals surface area contributed by atoms with Gasteiger partial charge in [-0.2, -0.15) is 0 Å². The summed E-state index contributed by atoms with van der Waals surface area (Å²) >= 11 is 0. The minimum absolute atomic E-state index is 0.0277. The third-order valence-electron chi connectivity index (χ3n) is 5.25. The summed E-state index contributed by atoms with van der Waals surface area (Å²) in [7, 11) is 0. The first-order valence-corrected chi connectivity index (χ1v) is 9.23. The first kappa shape index (κ1) is 17.9. The molecule has 2 amide bonds. The lowest BCUT2D eigenvalue weighted by atomic mass is 9.92. The van der Waals surface area contributed by atoms with Gasteiger partial charge in [0.15, 0.2) is 0 Å². The van der Waals surface area contributed by atoms with Gasteiger partial charge < -0.3 is 16.4 Å². The van der Waals surface area contributed by atoms with Gasteiger partial charge in [-0.3, -0.25) is 9.59 Å². The summed E-state index contributed by atoms with van der Waals surface area (Å²) in [5, 5.41) is 2.01. The third kappa shape index (κ3) is 3.38. The molecule has 0 radical (unpaired) electrons. The van der Waals surface area contributed by atoms with Crippen molar-refractivity contribution in [3.63, 3.8) is 0 Å². The van der Waals surface area contributed by atoms with Crippen LogP contribution in [0.15, 0.2) is 48.7 Å². The number of likely N-dealkylation sites (tertiary alicyclic amines) is 1. The summed E-state index contributed by atoms with van der Waals surface area (Å²) in [5.41, 5.74) is 13.2. The number of nitrogens with zero attached hydrogens (tertiary/aromatic N) is 3. The highest BCUT2D eigenvalue weighted by Gasteiger charge is 2.27. The minimum atomic E-state index is -0.638. The Kier molecular flexibility index (Phi) is 4.65. The lowest BCUT2D eigenvalue weighted by molar-refractivity contribution is 0.0713. The van der Waals surface area contributed by atoms with Crippen LogP contribution in [0.2, 0.25) is 0 Å². The molecule has 1 fully saturated rings. The number of amides is 2. The molecule has 2 aromatic carbocycles. The lowest BCUT2D eigenvalue weighted by Crippen LogP contribution is -2.38. The van der Waals surface area contributed by atoms with Gasteiger partial charge in [-0.05, 0) is 41.8 Å². The number of aromatic nitrogens is 2. The Balaban J connectivity index is 1.49. The summed E-state index contributed by atoms with van der Waals surface area (Å²) < 4.78 is 0. The van der Waals surface area contributed by atoms with Gasteiger partial charge >= 0.3 is 0 Å². The maximum atomic E-state index is 13.0. The molecule has 7 nitrogen and oxygen atoms in total. The molecule has 3 aromatic rings. The van der Waals surface area contributed by atoms with Crippen molar-refractivity contribution in [1.82, 2.24) is 14.9 Å². The summed E-state index contributed by atoms with van der Waals surface area (Å²) in [5.74, 6) is -0.498. The Hall–Kier alpha value is -3.48. The van der Waals surface area contributed by atoms with E-state index in [1.807, 2.05) is 41.3 Å². The lowest BCUT2D eigenvalue weighted by Gasteiger charge is -2.32. The number of piperidine rings is 1. The highest BCUT2D eigenvalue weighted by Crippen LogP contribution is 2.29. The van der Waals surface area contributed by atoms with Crippen molar-refractivity contribution in [2.45, 2.75) is 18.8 Å². The van der Waals surface area contributed by atoms with Gasteiger partial charge in [-0.1, -0.05) is 24.3 Å². The largest absolute Gasteiger partial charge is 0.398 e. The first-order chi connectivity index (χ1) is 13.5. The average Bonchev–Trinajstić information content (AvgIpc) is 2.73. The van der Waals surface area contributed by atoms with Gasteiger partial charge in [-0.15, -0.1) is 0 Å². The molecule has 142 valence electrons. The molecule has 1 aliphatic heterocycles. The van der Waals surface area contributed by atoms with Crippen molar-refractivity contribution in [2.24, 2.45) is 5.73 Å². The fourth-order valence-corrected chi connectivity index (χ4v) is 3.71. The molecule has 0 saturated carbocycles. The van der Waals surface area contributed by atoms with Gasteiger partial charge in [0.2, 0.25) is 5.82 Å². The van der Waals surface area contributed by atoms with E-state index in [9.17, 15) is 9.59 Å². The number of nitrogen functional groups attached to an aromatic ring is 1. The maximum Gasteiger partial charge on any atom is 0.286 e. The Morgan fingerprint density at radius 3 is 2.39 bits per heavy atom. The Bertz CT molecular complexity index is 1060. The Morgan fingerprint density at radius 2 is 1.71 bits per heavy atom. The molecular weight excluding hydrogens is 354 g/mol. The van der Waals surface area contributed by atoms with Crippen molar-refractivity contribution in [2.75, 3.05) is 18.8 Å². The Morgan fingerprint density at radius 1 is 1.04 bits per heavy atom. The van der Waals surface area contributed by atoms with Crippen LogP contribution in [0.5, 0.6) is 0 Å². The highest BCUT2D eigenvalue weighted by molar-refractivity contribution is 6.04. The molecule has 4 N–H and O–H groups in total. The summed E-state index contributed by atoms with van der Waals surface area (Å²) in [6.45, 7) is 1.21. The van der Waals surface area contributed by atoms with Gasteiger partial charge in [0.25, 0.3) is 11.8 Å². The quantitative estimate of drug-likeness (QED) is 0.682. The van der Waals surface area contributed by atoms with Crippen LogP contribution in [0.3, 0.4) is 0 Å². The smallest absolute Gasteiger partial charge is 0.286 e. The summed E-state index contributed by atoms with van der Waals surface area (Å²) in [6, 6.07) is 13.4. The molecule has 4 rings (SSSR count). The SMILES string of the molecule is NC(=O)c1nccc(C2CCN(C(=O)c3cc4ccccc4cc3N)CC2)n1. The predicted molar refractivity (Wildman–Crippen MR) is 107 cm³/mol. The number of carbonyl (C=O) groups is 2. The van der Waals surface area contributed by atoms with Gasteiger partial charge in [0.05, 0.1) is 5.56 Å². The molecule has 1 saturated heterocycles. The van der Waals surface area contributed by atoms with Crippen molar-refractivity contribution >= 4 is 28.3 Å². The number of nitrogens with two attached hydrogens (primary N) is 2. The molecule has 28 heavy (non-hydrogen) atoms. The summed E-state index contributed by atoms with van der Waals surface area (Å²) in [6.07, 6.45) is 3.07. The van der Waals surface area contributed by atoms with Crippen LogP contribution >= 0.6 is 0 Å². The highest BCUT2D eigenvalue weighted by atomic mass is 16.2. The number of fused-ring (bicyclic) bond motifs is 1. The number of hydrogen-bond donors (Lipinski definition) is 2. The zero-order valence-corrected chi connectivity index (χ0v) is 15.3. The van der Waals surface area contributed by atoms with E-state index in [1.165, 1.54) is 0 Å². The average molecular weight is 375 g/mol. The van der Waals surface area contributed by atoms with Crippen LogP contribution in [-0.2, 0) is 0 Å². The topological polar surface area (TPSA) is 115 Å². The van der Waals surface area contributed by atoms with Gasteiger partial charge in [-0.25, -0.2) is 9.97 Å². The first-order valence-electron chi connectivity index (χ1n) is 9.23. The molecule has 7 heteroatoms.